The summed E-state index contributed by atoms with van der Waals surface area (Å²) in [7, 11) is 0. The first-order valence-corrected chi connectivity index (χ1v) is 8.90. The molecule has 1 atom stereocenters. The second kappa shape index (κ2) is 6.57. The van der Waals surface area contributed by atoms with Crippen LogP contribution in [0, 0.1) is 0 Å². The Bertz CT molecular complexity index is 821. The van der Waals surface area contributed by atoms with E-state index in [1.54, 1.807) is 0 Å². The van der Waals surface area contributed by atoms with Crippen LogP contribution in [-0.4, -0.2) is 27.9 Å². The smallest absolute Gasteiger partial charge is 0.121 e. The van der Waals surface area contributed by atoms with Gasteiger partial charge in [-0.1, -0.05) is 23.2 Å². The Morgan fingerprint density at radius 2 is 1.50 bits per heavy atom. The summed E-state index contributed by atoms with van der Waals surface area (Å²) in [6.07, 6.45) is -0.436. The molecule has 3 rings (SSSR count). The number of hydrogen-bond donors (Lipinski definition) is 2. The van der Waals surface area contributed by atoms with Crippen LogP contribution < -0.4 is 5.32 Å². The van der Waals surface area contributed by atoms with Gasteiger partial charge in [0.25, 0.3) is 0 Å². The summed E-state index contributed by atoms with van der Waals surface area (Å²) in [5.41, 5.74) is 2.22. The number of quaternary nitrogens is 1. The topological polar surface area (TPSA) is 41.8 Å². The van der Waals surface area contributed by atoms with E-state index in [0.29, 0.717) is 23.1 Å². The van der Waals surface area contributed by atoms with Crippen LogP contribution in [0.1, 0.15) is 20.8 Å². The lowest BCUT2D eigenvalue weighted by molar-refractivity contribution is -0.722. The summed E-state index contributed by atoms with van der Waals surface area (Å²) in [4.78, 5) is 0. The number of rotatable bonds is 4. The zero-order valence-corrected chi connectivity index (χ0v) is 15.7. The average molecular weight is 366 g/mol. The average Bonchev–Trinajstić information content (AvgIpc) is 2.78. The normalized spacial score (nSPS) is 13.8. The van der Waals surface area contributed by atoms with Crippen LogP contribution in [0.3, 0.4) is 0 Å². The van der Waals surface area contributed by atoms with Crippen molar-refractivity contribution in [2.75, 3.05) is 6.54 Å². The van der Waals surface area contributed by atoms with Crippen molar-refractivity contribution in [2.45, 2.75) is 39.0 Å². The highest BCUT2D eigenvalue weighted by Gasteiger charge is 2.19. The van der Waals surface area contributed by atoms with Crippen molar-refractivity contribution in [1.82, 2.24) is 4.57 Å². The number of aliphatic hydroxyl groups is 1. The van der Waals surface area contributed by atoms with E-state index < -0.39 is 6.10 Å². The Kier molecular flexibility index (Phi) is 4.80. The van der Waals surface area contributed by atoms with Crippen LogP contribution in [-0.2, 0) is 6.54 Å². The molecule has 0 radical (unpaired) electrons. The predicted octanol–water partition coefficient (Wildman–Crippen LogP) is 3.82. The molecule has 0 aliphatic rings. The fraction of sp³-hybridized carbons (Fsp3) is 0.368. The van der Waals surface area contributed by atoms with Gasteiger partial charge in [0.05, 0.1) is 12.1 Å². The van der Waals surface area contributed by atoms with Gasteiger partial charge in [-0.3, -0.25) is 0 Å². The van der Waals surface area contributed by atoms with Gasteiger partial charge in [0.15, 0.2) is 0 Å². The molecule has 0 fully saturated rings. The summed E-state index contributed by atoms with van der Waals surface area (Å²) < 4.78 is 2.15. The number of hydrogen-bond acceptors (Lipinski definition) is 1. The summed E-state index contributed by atoms with van der Waals surface area (Å²) in [6.45, 7) is 7.63. The monoisotopic (exact) mass is 365 g/mol. The van der Waals surface area contributed by atoms with E-state index in [4.69, 9.17) is 23.2 Å². The highest BCUT2D eigenvalue weighted by Crippen LogP contribution is 2.32. The molecule has 0 aliphatic carbocycles. The minimum Gasteiger partial charge on any atom is -0.385 e. The van der Waals surface area contributed by atoms with Crippen LogP contribution in [0.4, 0.5) is 0 Å². The molecule has 0 saturated carbocycles. The molecule has 0 bridgehead atoms. The Balaban J connectivity index is 2.02. The predicted molar refractivity (Wildman–Crippen MR) is 102 cm³/mol. The van der Waals surface area contributed by atoms with E-state index in [9.17, 15) is 5.11 Å². The largest absolute Gasteiger partial charge is 0.385 e. The SMILES string of the molecule is CC(C)(C)[NH2+]C[C@@H](O)Cn1c2ccc(Cl)cc2c2cc(Cl)ccc21. The van der Waals surface area contributed by atoms with Gasteiger partial charge in [0.2, 0.25) is 0 Å². The third-order valence-electron chi connectivity index (χ3n) is 4.18. The van der Waals surface area contributed by atoms with Crippen molar-refractivity contribution in [1.29, 1.82) is 0 Å². The van der Waals surface area contributed by atoms with Gasteiger partial charge < -0.3 is 15.0 Å². The van der Waals surface area contributed by atoms with Crippen LogP contribution in [0.25, 0.3) is 21.8 Å². The molecule has 24 heavy (non-hydrogen) atoms. The number of fused-ring (bicyclic) bond motifs is 3. The van der Waals surface area contributed by atoms with Gasteiger partial charge in [0, 0.05) is 31.9 Å². The zero-order chi connectivity index (χ0) is 17.5. The quantitative estimate of drug-likeness (QED) is 0.724. The molecule has 2 aromatic carbocycles. The van der Waals surface area contributed by atoms with Gasteiger partial charge in [-0.05, 0) is 57.2 Å². The molecule has 0 amide bonds. The van der Waals surface area contributed by atoms with Crippen LogP contribution in [0.2, 0.25) is 10.0 Å². The van der Waals surface area contributed by atoms with E-state index in [1.165, 1.54) is 0 Å². The Hall–Kier alpha value is -1.26. The van der Waals surface area contributed by atoms with Crippen molar-refractivity contribution < 1.29 is 10.4 Å². The Morgan fingerprint density at radius 3 is 1.96 bits per heavy atom. The maximum Gasteiger partial charge on any atom is 0.121 e. The van der Waals surface area contributed by atoms with E-state index >= 15 is 0 Å². The van der Waals surface area contributed by atoms with Crippen molar-refractivity contribution in [3.63, 3.8) is 0 Å². The van der Waals surface area contributed by atoms with Crippen molar-refractivity contribution in [3.8, 4) is 0 Å². The maximum absolute atomic E-state index is 10.5. The third-order valence-corrected chi connectivity index (χ3v) is 4.65. The first-order chi connectivity index (χ1) is 11.2. The lowest BCUT2D eigenvalue weighted by Crippen LogP contribution is -2.96. The summed E-state index contributed by atoms with van der Waals surface area (Å²) >= 11 is 12.4. The molecule has 5 heteroatoms. The molecule has 3 N–H and O–H groups in total. The molecule has 1 aromatic heterocycles. The van der Waals surface area contributed by atoms with Crippen molar-refractivity contribution in [3.05, 3.63) is 46.4 Å². The number of halogens is 2. The standard InChI is InChI=1S/C19H22Cl2N2O/c1-19(2,3)22-10-14(24)11-23-17-6-4-12(20)8-15(17)16-9-13(21)5-7-18(16)23/h4-9,14,22,24H,10-11H2,1-3H3/p+1/t14-/m1/s1. The lowest BCUT2D eigenvalue weighted by Gasteiger charge is -2.20. The zero-order valence-electron chi connectivity index (χ0n) is 14.2. The fourth-order valence-electron chi connectivity index (χ4n) is 3.02. The number of nitrogens with zero attached hydrogens (tertiary/aromatic N) is 1. The molecular formula is C19H23Cl2N2O+. The van der Waals surface area contributed by atoms with E-state index in [1.807, 2.05) is 36.4 Å². The Labute approximate surface area is 152 Å². The van der Waals surface area contributed by atoms with Gasteiger partial charge in [-0.2, -0.15) is 0 Å². The van der Waals surface area contributed by atoms with Crippen LogP contribution >= 0.6 is 23.2 Å². The number of aromatic nitrogens is 1. The van der Waals surface area contributed by atoms with Gasteiger partial charge in [-0.15, -0.1) is 0 Å². The highest BCUT2D eigenvalue weighted by molar-refractivity contribution is 6.33. The minimum absolute atomic E-state index is 0.100. The Morgan fingerprint density at radius 1 is 1.00 bits per heavy atom. The second-order valence-corrected chi connectivity index (χ2v) is 8.27. The highest BCUT2D eigenvalue weighted by atomic mass is 35.5. The summed E-state index contributed by atoms with van der Waals surface area (Å²) in [5, 5.41) is 16.2. The lowest BCUT2D eigenvalue weighted by atomic mass is 10.1. The maximum atomic E-state index is 10.5. The molecule has 128 valence electrons. The molecule has 0 spiro atoms. The number of nitrogens with two attached hydrogens (primary N) is 1. The van der Waals surface area contributed by atoms with Crippen LogP contribution in [0.5, 0.6) is 0 Å². The molecular weight excluding hydrogens is 343 g/mol. The number of benzene rings is 2. The van der Waals surface area contributed by atoms with E-state index in [2.05, 4.69) is 30.7 Å². The molecule has 0 aliphatic heterocycles. The van der Waals surface area contributed by atoms with E-state index in [-0.39, 0.29) is 5.54 Å². The van der Waals surface area contributed by atoms with Crippen LogP contribution in [0.15, 0.2) is 36.4 Å². The first kappa shape index (κ1) is 17.6. The minimum atomic E-state index is -0.436. The van der Waals surface area contributed by atoms with E-state index in [0.717, 1.165) is 21.8 Å². The second-order valence-electron chi connectivity index (χ2n) is 7.39. The summed E-state index contributed by atoms with van der Waals surface area (Å²) in [6, 6.07) is 11.7. The first-order valence-electron chi connectivity index (χ1n) is 8.14. The fourth-order valence-corrected chi connectivity index (χ4v) is 3.36. The molecule has 0 saturated heterocycles. The summed E-state index contributed by atoms with van der Waals surface area (Å²) in [5.74, 6) is 0. The molecule has 1 heterocycles. The van der Waals surface area contributed by atoms with Crippen molar-refractivity contribution in [2.24, 2.45) is 0 Å². The van der Waals surface area contributed by atoms with Gasteiger partial charge in [0.1, 0.15) is 12.6 Å². The van der Waals surface area contributed by atoms with Crippen molar-refractivity contribution >= 4 is 45.0 Å². The molecule has 3 nitrogen and oxygen atoms in total. The van der Waals surface area contributed by atoms with Gasteiger partial charge >= 0.3 is 0 Å². The number of aliphatic hydroxyl groups excluding tert-OH is 1. The molecule has 3 aromatic rings. The van der Waals surface area contributed by atoms with Gasteiger partial charge in [-0.25, -0.2) is 0 Å². The molecule has 0 unspecified atom stereocenters. The third kappa shape index (κ3) is 3.70.